The first-order valence-electron chi connectivity index (χ1n) is 6.36. The summed E-state index contributed by atoms with van der Waals surface area (Å²) in [6.07, 6.45) is 1.57. The monoisotopic (exact) mass is 293 g/mol. The molecular formula is C14H16ClN3O2. The van der Waals surface area contributed by atoms with E-state index >= 15 is 0 Å². The lowest BCUT2D eigenvalue weighted by atomic mass is 10.2. The topological polar surface area (TPSA) is 67.2 Å². The smallest absolute Gasteiger partial charge is 0.252 e. The normalized spacial score (nSPS) is 11.9. The van der Waals surface area contributed by atoms with Crippen molar-refractivity contribution in [2.75, 3.05) is 11.9 Å². The van der Waals surface area contributed by atoms with Crippen molar-refractivity contribution in [3.05, 3.63) is 47.0 Å². The fraction of sp³-hybridized carbons (Fsp3) is 0.286. The molecule has 0 aliphatic heterocycles. The highest BCUT2D eigenvalue weighted by atomic mass is 35.5. The highest BCUT2D eigenvalue weighted by molar-refractivity contribution is 6.29. The third-order valence-electron chi connectivity index (χ3n) is 2.73. The average molecular weight is 294 g/mol. The number of nitrogens with zero attached hydrogens (tertiary/aromatic N) is 1. The predicted molar refractivity (Wildman–Crippen MR) is 78.0 cm³/mol. The summed E-state index contributed by atoms with van der Waals surface area (Å²) >= 11 is 5.92. The van der Waals surface area contributed by atoms with Crippen molar-refractivity contribution >= 4 is 23.3 Å². The zero-order valence-corrected chi connectivity index (χ0v) is 12.1. The maximum atomic E-state index is 12.2. The molecule has 0 spiro atoms. The Balaban J connectivity index is 2.12. The summed E-state index contributed by atoms with van der Waals surface area (Å²) in [5.74, 6) is 1.05. The summed E-state index contributed by atoms with van der Waals surface area (Å²) in [6, 6.07) is 6.58. The minimum atomic E-state index is -0.225. The summed E-state index contributed by atoms with van der Waals surface area (Å²) in [5, 5.41) is 6.16. The summed E-state index contributed by atoms with van der Waals surface area (Å²) in [6.45, 7) is 4.50. The van der Waals surface area contributed by atoms with Crippen LogP contribution in [0.15, 0.2) is 34.9 Å². The third kappa shape index (κ3) is 3.51. The lowest BCUT2D eigenvalue weighted by Gasteiger charge is -2.12. The Hall–Kier alpha value is -2.01. The molecule has 1 atom stereocenters. The first-order chi connectivity index (χ1) is 9.60. The van der Waals surface area contributed by atoms with E-state index in [9.17, 15) is 4.79 Å². The molecule has 2 aromatic heterocycles. The predicted octanol–water partition coefficient (Wildman–Crippen LogP) is 3.25. The molecule has 0 aliphatic carbocycles. The van der Waals surface area contributed by atoms with Gasteiger partial charge in [0.1, 0.15) is 16.7 Å². The molecule has 0 aliphatic rings. The van der Waals surface area contributed by atoms with Gasteiger partial charge in [-0.05, 0) is 38.1 Å². The van der Waals surface area contributed by atoms with Crippen LogP contribution in [0, 0.1) is 0 Å². The van der Waals surface area contributed by atoms with Crippen LogP contribution in [0.3, 0.4) is 0 Å². The molecule has 0 bridgehead atoms. The fourth-order valence-electron chi connectivity index (χ4n) is 1.79. The van der Waals surface area contributed by atoms with Crippen LogP contribution in [0.1, 0.15) is 36.0 Å². The SMILES string of the molecule is CCNc1cc(C(=O)NC(C)c2ccco2)cc(Cl)n1. The van der Waals surface area contributed by atoms with E-state index in [1.165, 1.54) is 6.07 Å². The number of carbonyl (C=O) groups excluding carboxylic acids is 1. The number of anilines is 1. The van der Waals surface area contributed by atoms with Crippen LogP contribution in [-0.2, 0) is 0 Å². The molecule has 106 valence electrons. The van der Waals surface area contributed by atoms with E-state index in [-0.39, 0.29) is 17.1 Å². The Morgan fingerprint density at radius 2 is 2.30 bits per heavy atom. The number of rotatable bonds is 5. The number of halogens is 1. The summed E-state index contributed by atoms with van der Waals surface area (Å²) < 4.78 is 5.25. The van der Waals surface area contributed by atoms with Crippen molar-refractivity contribution in [2.45, 2.75) is 19.9 Å². The van der Waals surface area contributed by atoms with Crippen molar-refractivity contribution in [3.63, 3.8) is 0 Å². The molecule has 0 aromatic carbocycles. The van der Waals surface area contributed by atoms with Gasteiger partial charge in [-0.2, -0.15) is 0 Å². The summed E-state index contributed by atoms with van der Waals surface area (Å²) in [5.41, 5.74) is 0.458. The van der Waals surface area contributed by atoms with Crippen molar-refractivity contribution in [2.24, 2.45) is 0 Å². The van der Waals surface area contributed by atoms with Crippen molar-refractivity contribution < 1.29 is 9.21 Å². The van der Waals surface area contributed by atoms with Crippen LogP contribution in [0.25, 0.3) is 0 Å². The quantitative estimate of drug-likeness (QED) is 0.831. The van der Waals surface area contributed by atoms with Gasteiger partial charge in [0.15, 0.2) is 0 Å². The maximum absolute atomic E-state index is 12.2. The maximum Gasteiger partial charge on any atom is 0.252 e. The van der Waals surface area contributed by atoms with Gasteiger partial charge >= 0.3 is 0 Å². The van der Waals surface area contributed by atoms with Crippen LogP contribution < -0.4 is 10.6 Å². The second-order valence-corrected chi connectivity index (χ2v) is 4.69. The molecule has 20 heavy (non-hydrogen) atoms. The largest absolute Gasteiger partial charge is 0.467 e. The second kappa shape index (κ2) is 6.43. The van der Waals surface area contributed by atoms with Gasteiger partial charge in [-0.15, -0.1) is 0 Å². The molecular weight excluding hydrogens is 278 g/mol. The van der Waals surface area contributed by atoms with Crippen molar-refractivity contribution in [1.29, 1.82) is 0 Å². The molecule has 2 N–H and O–H groups in total. The fourth-order valence-corrected chi connectivity index (χ4v) is 2.00. The zero-order chi connectivity index (χ0) is 14.5. The highest BCUT2D eigenvalue weighted by Gasteiger charge is 2.14. The molecule has 2 heterocycles. The van der Waals surface area contributed by atoms with Gasteiger partial charge in [0.05, 0.1) is 12.3 Å². The van der Waals surface area contributed by atoms with E-state index < -0.39 is 0 Å². The van der Waals surface area contributed by atoms with Crippen LogP contribution >= 0.6 is 11.6 Å². The standard InChI is InChI=1S/C14H16ClN3O2/c1-3-16-13-8-10(7-12(15)18-13)14(19)17-9(2)11-5-4-6-20-11/h4-9H,3H2,1-2H3,(H,16,18)(H,17,19). The summed E-state index contributed by atoms with van der Waals surface area (Å²) in [7, 11) is 0. The molecule has 0 saturated carbocycles. The van der Waals surface area contributed by atoms with E-state index in [1.54, 1.807) is 18.4 Å². The third-order valence-corrected chi connectivity index (χ3v) is 2.93. The van der Waals surface area contributed by atoms with E-state index in [1.807, 2.05) is 19.9 Å². The average Bonchev–Trinajstić information content (AvgIpc) is 2.92. The second-order valence-electron chi connectivity index (χ2n) is 4.30. The van der Waals surface area contributed by atoms with Crippen LogP contribution in [-0.4, -0.2) is 17.4 Å². The number of hydrogen-bond acceptors (Lipinski definition) is 4. The van der Waals surface area contributed by atoms with Gasteiger partial charge in [-0.25, -0.2) is 4.98 Å². The van der Waals surface area contributed by atoms with E-state index in [4.69, 9.17) is 16.0 Å². The van der Waals surface area contributed by atoms with Gasteiger partial charge in [0.25, 0.3) is 5.91 Å². The minimum Gasteiger partial charge on any atom is -0.467 e. The molecule has 1 amide bonds. The Morgan fingerprint density at radius 1 is 1.50 bits per heavy atom. The number of furan rings is 1. The zero-order valence-electron chi connectivity index (χ0n) is 11.3. The first-order valence-corrected chi connectivity index (χ1v) is 6.73. The van der Waals surface area contributed by atoms with E-state index in [2.05, 4.69) is 15.6 Å². The minimum absolute atomic E-state index is 0.216. The number of hydrogen-bond donors (Lipinski definition) is 2. The molecule has 2 rings (SSSR count). The van der Waals surface area contributed by atoms with Gasteiger partial charge < -0.3 is 15.1 Å². The Kier molecular flexibility index (Phi) is 4.63. The Bertz CT molecular complexity index is 584. The van der Waals surface area contributed by atoms with Crippen molar-refractivity contribution in [1.82, 2.24) is 10.3 Å². The van der Waals surface area contributed by atoms with Crippen molar-refractivity contribution in [3.8, 4) is 0 Å². The Morgan fingerprint density at radius 3 is 2.95 bits per heavy atom. The number of nitrogens with one attached hydrogen (secondary N) is 2. The molecule has 0 fully saturated rings. The lowest BCUT2D eigenvalue weighted by molar-refractivity contribution is 0.0935. The molecule has 6 heteroatoms. The van der Waals surface area contributed by atoms with Crippen LogP contribution in [0.4, 0.5) is 5.82 Å². The van der Waals surface area contributed by atoms with Crippen LogP contribution in [0.2, 0.25) is 5.15 Å². The Labute approximate surface area is 122 Å². The van der Waals surface area contributed by atoms with Gasteiger partial charge in [0.2, 0.25) is 0 Å². The number of carbonyl (C=O) groups is 1. The lowest BCUT2D eigenvalue weighted by Crippen LogP contribution is -2.26. The molecule has 2 aromatic rings. The molecule has 1 unspecified atom stereocenters. The van der Waals surface area contributed by atoms with Gasteiger partial charge in [-0.3, -0.25) is 4.79 Å². The number of pyridine rings is 1. The van der Waals surface area contributed by atoms with Crippen LogP contribution in [0.5, 0.6) is 0 Å². The van der Waals surface area contributed by atoms with E-state index in [0.717, 1.165) is 0 Å². The summed E-state index contributed by atoms with van der Waals surface area (Å²) in [4.78, 5) is 16.3. The van der Waals surface area contributed by atoms with E-state index in [0.29, 0.717) is 23.7 Å². The molecule has 0 saturated heterocycles. The first kappa shape index (κ1) is 14.4. The van der Waals surface area contributed by atoms with Gasteiger partial charge in [-0.1, -0.05) is 11.6 Å². The highest BCUT2D eigenvalue weighted by Crippen LogP contribution is 2.17. The number of amides is 1. The molecule has 0 radical (unpaired) electrons. The molecule has 5 nitrogen and oxygen atoms in total. The number of aromatic nitrogens is 1. The van der Waals surface area contributed by atoms with Gasteiger partial charge in [0, 0.05) is 12.1 Å².